The summed E-state index contributed by atoms with van der Waals surface area (Å²) < 4.78 is 2.10. The van der Waals surface area contributed by atoms with Gasteiger partial charge in [-0.1, -0.05) is 29.8 Å². The topological polar surface area (TPSA) is 47.8 Å². The maximum atomic E-state index is 12.7. The highest BCUT2D eigenvalue weighted by Crippen LogP contribution is 2.33. The SMILES string of the molecule is O=c1c2sc3nccc(Cl)c3c2ncn1-c1ccccc1. The van der Waals surface area contributed by atoms with Crippen molar-refractivity contribution < 1.29 is 0 Å². The van der Waals surface area contributed by atoms with Gasteiger partial charge in [-0.25, -0.2) is 9.97 Å². The molecule has 0 unspecified atom stereocenters. The van der Waals surface area contributed by atoms with Crippen LogP contribution in [0.3, 0.4) is 0 Å². The first-order valence-electron chi connectivity index (χ1n) is 6.25. The van der Waals surface area contributed by atoms with Crippen molar-refractivity contribution >= 4 is 43.4 Å². The maximum absolute atomic E-state index is 12.7. The molecule has 0 spiro atoms. The van der Waals surface area contributed by atoms with Gasteiger partial charge in [-0.15, -0.1) is 11.3 Å². The molecule has 0 aliphatic rings. The molecular weight excluding hydrogens is 306 g/mol. The molecule has 3 heterocycles. The van der Waals surface area contributed by atoms with Crippen LogP contribution in [0.1, 0.15) is 0 Å². The first kappa shape index (κ1) is 12.5. The first-order valence-corrected chi connectivity index (χ1v) is 7.45. The Hall–Kier alpha value is -2.24. The summed E-state index contributed by atoms with van der Waals surface area (Å²) in [5.74, 6) is 0. The van der Waals surface area contributed by atoms with E-state index in [9.17, 15) is 4.79 Å². The summed E-state index contributed by atoms with van der Waals surface area (Å²) in [4.78, 5) is 22.1. The molecule has 0 aliphatic carbocycles. The molecular formula is C15H8ClN3OS. The van der Waals surface area contributed by atoms with E-state index in [1.54, 1.807) is 12.3 Å². The second kappa shape index (κ2) is 4.65. The highest BCUT2D eigenvalue weighted by molar-refractivity contribution is 7.25. The van der Waals surface area contributed by atoms with E-state index >= 15 is 0 Å². The van der Waals surface area contributed by atoms with Crippen LogP contribution in [0.25, 0.3) is 26.1 Å². The van der Waals surface area contributed by atoms with Crippen LogP contribution in [-0.4, -0.2) is 14.5 Å². The molecule has 102 valence electrons. The van der Waals surface area contributed by atoms with Crippen molar-refractivity contribution in [3.63, 3.8) is 0 Å². The van der Waals surface area contributed by atoms with Gasteiger partial charge in [0.05, 0.1) is 21.6 Å². The Balaban J connectivity index is 2.11. The lowest BCUT2D eigenvalue weighted by Crippen LogP contribution is -2.17. The van der Waals surface area contributed by atoms with E-state index in [4.69, 9.17) is 11.6 Å². The molecule has 4 rings (SSSR count). The van der Waals surface area contributed by atoms with Gasteiger partial charge in [-0.2, -0.15) is 0 Å². The fraction of sp³-hybridized carbons (Fsp3) is 0. The average molecular weight is 314 g/mol. The number of pyridine rings is 1. The van der Waals surface area contributed by atoms with E-state index in [2.05, 4.69) is 9.97 Å². The molecule has 21 heavy (non-hydrogen) atoms. The van der Waals surface area contributed by atoms with Gasteiger partial charge < -0.3 is 0 Å². The number of benzene rings is 1. The van der Waals surface area contributed by atoms with Gasteiger partial charge in [-0.05, 0) is 18.2 Å². The summed E-state index contributed by atoms with van der Waals surface area (Å²) in [5.41, 5.74) is 1.30. The number of hydrogen-bond donors (Lipinski definition) is 0. The Bertz CT molecular complexity index is 1020. The summed E-state index contributed by atoms with van der Waals surface area (Å²) in [7, 11) is 0. The largest absolute Gasteiger partial charge is 0.275 e. The predicted molar refractivity (Wildman–Crippen MR) is 85.5 cm³/mol. The van der Waals surface area contributed by atoms with E-state index in [1.807, 2.05) is 30.3 Å². The number of hydrogen-bond acceptors (Lipinski definition) is 4. The average Bonchev–Trinajstić information content (AvgIpc) is 2.89. The van der Waals surface area contributed by atoms with E-state index in [0.29, 0.717) is 15.2 Å². The molecule has 0 fully saturated rings. The number of rotatable bonds is 1. The van der Waals surface area contributed by atoms with Crippen molar-refractivity contribution in [2.24, 2.45) is 0 Å². The van der Waals surface area contributed by atoms with Gasteiger partial charge in [0.2, 0.25) is 0 Å². The van der Waals surface area contributed by atoms with Crippen LogP contribution in [0, 0.1) is 0 Å². The quantitative estimate of drug-likeness (QED) is 0.539. The number of halogens is 1. The highest BCUT2D eigenvalue weighted by atomic mass is 35.5. The molecule has 0 bridgehead atoms. The maximum Gasteiger partial charge on any atom is 0.275 e. The van der Waals surface area contributed by atoms with Crippen molar-refractivity contribution in [2.45, 2.75) is 0 Å². The smallest absolute Gasteiger partial charge is 0.267 e. The molecule has 0 saturated carbocycles. The van der Waals surface area contributed by atoms with Gasteiger partial charge in [0.1, 0.15) is 15.9 Å². The minimum absolute atomic E-state index is 0.106. The Morgan fingerprint density at radius 2 is 1.90 bits per heavy atom. The Morgan fingerprint density at radius 1 is 1.10 bits per heavy atom. The minimum Gasteiger partial charge on any atom is -0.267 e. The molecule has 6 heteroatoms. The lowest BCUT2D eigenvalue weighted by atomic mass is 10.3. The molecule has 0 radical (unpaired) electrons. The second-order valence-corrected chi connectivity index (χ2v) is 5.91. The van der Waals surface area contributed by atoms with Crippen LogP contribution < -0.4 is 5.56 Å². The van der Waals surface area contributed by atoms with E-state index < -0.39 is 0 Å². The zero-order chi connectivity index (χ0) is 14.4. The Morgan fingerprint density at radius 3 is 2.71 bits per heavy atom. The second-order valence-electron chi connectivity index (χ2n) is 4.51. The third kappa shape index (κ3) is 1.86. The van der Waals surface area contributed by atoms with Crippen LogP contribution in [0.5, 0.6) is 0 Å². The molecule has 4 nitrogen and oxygen atoms in total. The van der Waals surface area contributed by atoms with Crippen LogP contribution in [0.4, 0.5) is 0 Å². The monoisotopic (exact) mass is 313 g/mol. The van der Waals surface area contributed by atoms with Gasteiger partial charge in [0.25, 0.3) is 5.56 Å². The predicted octanol–water partition coefficient (Wildman–Crippen LogP) is 3.65. The van der Waals surface area contributed by atoms with Crippen molar-refractivity contribution in [3.8, 4) is 5.69 Å². The van der Waals surface area contributed by atoms with Gasteiger partial charge >= 0.3 is 0 Å². The van der Waals surface area contributed by atoms with Crippen molar-refractivity contribution in [1.29, 1.82) is 0 Å². The van der Waals surface area contributed by atoms with Crippen molar-refractivity contribution in [3.05, 3.63) is 64.3 Å². The molecule has 0 atom stereocenters. The van der Waals surface area contributed by atoms with Crippen LogP contribution in [-0.2, 0) is 0 Å². The zero-order valence-electron chi connectivity index (χ0n) is 10.7. The fourth-order valence-electron chi connectivity index (χ4n) is 2.29. The highest BCUT2D eigenvalue weighted by Gasteiger charge is 2.15. The first-order chi connectivity index (χ1) is 10.3. The number of nitrogens with zero attached hydrogens (tertiary/aromatic N) is 3. The van der Waals surface area contributed by atoms with E-state index in [0.717, 1.165) is 15.9 Å². The Kier molecular flexibility index (Phi) is 2.77. The molecule has 3 aromatic heterocycles. The fourth-order valence-corrected chi connectivity index (χ4v) is 3.63. The van der Waals surface area contributed by atoms with E-state index in [1.165, 1.54) is 22.2 Å². The zero-order valence-corrected chi connectivity index (χ0v) is 12.2. The molecule has 4 aromatic rings. The van der Waals surface area contributed by atoms with E-state index in [-0.39, 0.29) is 5.56 Å². The van der Waals surface area contributed by atoms with Gasteiger partial charge in [0.15, 0.2) is 0 Å². The number of fused-ring (bicyclic) bond motifs is 3. The standard InChI is InChI=1S/C15H8ClN3OS/c16-10-6-7-17-14-11(10)12-13(21-14)15(20)19(8-18-12)9-4-2-1-3-5-9/h1-8H. The summed E-state index contributed by atoms with van der Waals surface area (Å²) in [6.07, 6.45) is 3.17. The van der Waals surface area contributed by atoms with Crippen molar-refractivity contribution in [2.75, 3.05) is 0 Å². The minimum atomic E-state index is -0.106. The number of aromatic nitrogens is 3. The lowest BCUT2D eigenvalue weighted by Gasteiger charge is -2.04. The molecule has 1 aromatic carbocycles. The van der Waals surface area contributed by atoms with Gasteiger partial charge in [-0.3, -0.25) is 9.36 Å². The third-order valence-electron chi connectivity index (χ3n) is 3.27. The molecule has 0 saturated heterocycles. The summed E-state index contributed by atoms with van der Waals surface area (Å²) >= 11 is 7.52. The van der Waals surface area contributed by atoms with Gasteiger partial charge in [0, 0.05) is 6.20 Å². The summed E-state index contributed by atoms with van der Waals surface area (Å²) in [6.45, 7) is 0. The normalized spacial score (nSPS) is 11.3. The summed E-state index contributed by atoms with van der Waals surface area (Å²) in [6, 6.07) is 11.1. The molecule has 0 aliphatic heterocycles. The van der Waals surface area contributed by atoms with Crippen molar-refractivity contribution in [1.82, 2.24) is 14.5 Å². The molecule has 0 amide bonds. The van der Waals surface area contributed by atoms with Crippen LogP contribution in [0.2, 0.25) is 5.02 Å². The number of thiophene rings is 1. The lowest BCUT2D eigenvalue weighted by molar-refractivity contribution is 0.968. The molecule has 0 N–H and O–H groups in total. The van der Waals surface area contributed by atoms with Crippen LogP contribution >= 0.6 is 22.9 Å². The third-order valence-corrected chi connectivity index (χ3v) is 4.66. The Labute approximate surface area is 128 Å². The summed E-state index contributed by atoms with van der Waals surface area (Å²) in [5, 5.41) is 1.31. The number of para-hydroxylation sites is 1. The van der Waals surface area contributed by atoms with Crippen LogP contribution in [0.15, 0.2) is 53.7 Å².